The van der Waals surface area contributed by atoms with Crippen LogP contribution in [0.1, 0.15) is 32.6 Å². The van der Waals surface area contributed by atoms with Crippen LogP contribution in [-0.4, -0.2) is 34.4 Å². The van der Waals surface area contributed by atoms with Gasteiger partial charge in [-0.25, -0.2) is 0 Å². The van der Waals surface area contributed by atoms with Crippen molar-refractivity contribution >= 4 is 11.8 Å². The molecule has 2 aliphatic rings. The third kappa shape index (κ3) is 2.20. The summed E-state index contributed by atoms with van der Waals surface area (Å²) in [4.78, 5) is 0. The zero-order valence-corrected chi connectivity index (χ0v) is 8.93. The highest BCUT2D eigenvalue weighted by Crippen LogP contribution is 2.37. The second kappa shape index (κ2) is 4.20. The van der Waals surface area contributed by atoms with Gasteiger partial charge in [0.2, 0.25) is 0 Å². The van der Waals surface area contributed by atoms with E-state index in [0.29, 0.717) is 16.6 Å². The highest BCUT2D eigenvalue weighted by atomic mass is 32.2. The lowest BCUT2D eigenvalue weighted by Gasteiger charge is -2.20. The van der Waals surface area contributed by atoms with Gasteiger partial charge in [0.1, 0.15) is 0 Å². The number of thioether (sulfide) groups is 1. The van der Waals surface area contributed by atoms with Crippen molar-refractivity contribution in [3.8, 4) is 0 Å². The molecule has 76 valence electrons. The monoisotopic (exact) mass is 202 g/mol. The quantitative estimate of drug-likeness (QED) is 0.740. The van der Waals surface area contributed by atoms with Crippen LogP contribution in [0.5, 0.6) is 0 Å². The Hall–Kier alpha value is 0.270. The summed E-state index contributed by atoms with van der Waals surface area (Å²) in [6.07, 6.45) is 4.88. The molecule has 13 heavy (non-hydrogen) atoms. The molecule has 3 heteroatoms. The van der Waals surface area contributed by atoms with Crippen LogP contribution in [0.3, 0.4) is 0 Å². The Morgan fingerprint density at radius 3 is 2.62 bits per heavy atom. The normalized spacial score (nSPS) is 45.7. The summed E-state index contributed by atoms with van der Waals surface area (Å²) < 4.78 is 5.51. The van der Waals surface area contributed by atoms with E-state index in [0.717, 1.165) is 19.4 Å². The number of hydrogen-bond donors (Lipinski definition) is 1. The molecule has 2 rings (SSSR count). The molecule has 0 aromatic carbocycles. The second-order valence-corrected chi connectivity index (χ2v) is 5.56. The summed E-state index contributed by atoms with van der Waals surface area (Å²) in [5, 5.41) is 10.8. The lowest BCUT2D eigenvalue weighted by Crippen LogP contribution is -2.22. The van der Waals surface area contributed by atoms with E-state index in [-0.39, 0.29) is 6.10 Å². The number of hydrogen-bond acceptors (Lipinski definition) is 3. The molecule has 2 fully saturated rings. The van der Waals surface area contributed by atoms with Gasteiger partial charge in [-0.2, -0.15) is 0 Å². The van der Waals surface area contributed by atoms with E-state index in [1.807, 2.05) is 11.8 Å². The average molecular weight is 202 g/mol. The van der Waals surface area contributed by atoms with Crippen LogP contribution in [0.2, 0.25) is 0 Å². The Labute approximate surface area is 84.0 Å². The van der Waals surface area contributed by atoms with Gasteiger partial charge in [-0.15, -0.1) is 11.8 Å². The maximum atomic E-state index is 9.67. The maximum Gasteiger partial charge on any atom is 0.0666 e. The highest BCUT2D eigenvalue weighted by Gasteiger charge is 2.32. The van der Waals surface area contributed by atoms with Crippen molar-refractivity contribution in [1.29, 1.82) is 0 Å². The first kappa shape index (κ1) is 9.81. The summed E-state index contributed by atoms with van der Waals surface area (Å²) in [5.41, 5.74) is 0. The third-order valence-corrected chi connectivity index (χ3v) is 4.94. The Kier molecular flexibility index (Phi) is 3.17. The molecule has 0 aromatic heterocycles. The van der Waals surface area contributed by atoms with Gasteiger partial charge in [-0.3, -0.25) is 0 Å². The zero-order chi connectivity index (χ0) is 9.26. The molecule has 0 spiro atoms. The molecule has 0 amide bonds. The Morgan fingerprint density at radius 1 is 1.23 bits per heavy atom. The van der Waals surface area contributed by atoms with E-state index in [9.17, 15) is 5.11 Å². The molecule has 4 atom stereocenters. The lowest BCUT2D eigenvalue weighted by atomic mass is 10.2. The molecule has 1 saturated heterocycles. The van der Waals surface area contributed by atoms with Crippen molar-refractivity contribution in [3.63, 3.8) is 0 Å². The topological polar surface area (TPSA) is 29.5 Å². The molecule has 1 aliphatic heterocycles. The van der Waals surface area contributed by atoms with Crippen molar-refractivity contribution in [1.82, 2.24) is 0 Å². The van der Waals surface area contributed by atoms with E-state index in [4.69, 9.17) is 4.74 Å². The second-order valence-electron chi connectivity index (χ2n) is 4.08. The Morgan fingerprint density at radius 2 is 2.08 bits per heavy atom. The molecule has 0 aromatic rings. The van der Waals surface area contributed by atoms with Gasteiger partial charge in [0.05, 0.1) is 12.2 Å². The van der Waals surface area contributed by atoms with Gasteiger partial charge in [0.15, 0.2) is 0 Å². The van der Waals surface area contributed by atoms with E-state index in [1.165, 1.54) is 12.8 Å². The summed E-state index contributed by atoms with van der Waals surface area (Å²) in [6, 6.07) is 0. The van der Waals surface area contributed by atoms with E-state index in [1.54, 1.807) is 0 Å². The van der Waals surface area contributed by atoms with Crippen LogP contribution in [0.4, 0.5) is 0 Å². The van der Waals surface area contributed by atoms with Crippen LogP contribution < -0.4 is 0 Å². The van der Waals surface area contributed by atoms with Gasteiger partial charge >= 0.3 is 0 Å². The molecule has 1 heterocycles. The van der Waals surface area contributed by atoms with E-state index in [2.05, 4.69) is 6.92 Å². The largest absolute Gasteiger partial charge is 0.392 e. The van der Waals surface area contributed by atoms with Gasteiger partial charge < -0.3 is 9.84 Å². The summed E-state index contributed by atoms with van der Waals surface area (Å²) in [6.45, 7) is 3.05. The predicted octanol–water partition coefficient (Wildman–Crippen LogP) is 1.81. The van der Waals surface area contributed by atoms with Gasteiger partial charge in [0.25, 0.3) is 0 Å². The third-order valence-electron chi connectivity index (χ3n) is 3.07. The number of aliphatic hydroxyl groups is 1. The molecule has 1 saturated carbocycles. The standard InChI is InChI=1S/C10H18O2S/c1-7-9(5-6-12-7)13-10-4-2-3-8(10)11/h7-11H,2-6H2,1H3. The van der Waals surface area contributed by atoms with Crippen LogP contribution in [-0.2, 0) is 4.74 Å². The maximum absolute atomic E-state index is 9.67. The van der Waals surface area contributed by atoms with Crippen molar-refractivity contribution in [2.75, 3.05) is 6.61 Å². The van der Waals surface area contributed by atoms with Crippen LogP contribution >= 0.6 is 11.8 Å². The minimum absolute atomic E-state index is 0.0576. The smallest absolute Gasteiger partial charge is 0.0666 e. The minimum Gasteiger partial charge on any atom is -0.392 e. The Bertz CT molecular complexity index is 156. The summed E-state index contributed by atoms with van der Waals surface area (Å²) in [7, 11) is 0. The lowest BCUT2D eigenvalue weighted by molar-refractivity contribution is 0.127. The molecule has 0 radical (unpaired) electrons. The van der Waals surface area contributed by atoms with Gasteiger partial charge in [-0.05, 0) is 32.6 Å². The first-order valence-electron chi connectivity index (χ1n) is 5.22. The summed E-state index contributed by atoms with van der Waals surface area (Å²) in [5.74, 6) is 0. The first-order valence-corrected chi connectivity index (χ1v) is 6.17. The van der Waals surface area contributed by atoms with E-state index >= 15 is 0 Å². The zero-order valence-electron chi connectivity index (χ0n) is 8.11. The molecule has 4 unspecified atom stereocenters. The SMILES string of the molecule is CC1OCCC1SC1CCCC1O. The van der Waals surface area contributed by atoms with E-state index < -0.39 is 0 Å². The molecule has 2 nitrogen and oxygen atoms in total. The molecule has 0 bridgehead atoms. The van der Waals surface area contributed by atoms with Crippen molar-refractivity contribution < 1.29 is 9.84 Å². The fourth-order valence-corrected chi connectivity index (χ4v) is 3.78. The fourth-order valence-electron chi connectivity index (χ4n) is 2.18. The molecule has 1 N–H and O–H groups in total. The molecule has 1 aliphatic carbocycles. The van der Waals surface area contributed by atoms with Crippen LogP contribution in [0, 0.1) is 0 Å². The Balaban J connectivity index is 1.82. The number of rotatable bonds is 2. The fraction of sp³-hybridized carbons (Fsp3) is 1.00. The highest BCUT2D eigenvalue weighted by molar-refractivity contribution is 8.00. The number of aliphatic hydroxyl groups excluding tert-OH is 1. The minimum atomic E-state index is -0.0576. The number of ether oxygens (including phenoxy) is 1. The van der Waals surface area contributed by atoms with Crippen molar-refractivity contribution in [3.05, 3.63) is 0 Å². The predicted molar refractivity (Wildman–Crippen MR) is 55.1 cm³/mol. The average Bonchev–Trinajstić information content (AvgIpc) is 2.65. The van der Waals surface area contributed by atoms with Crippen molar-refractivity contribution in [2.45, 2.75) is 55.3 Å². The van der Waals surface area contributed by atoms with Crippen LogP contribution in [0.25, 0.3) is 0 Å². The van der Waals surface area contributed by atoms with Gasteiger partial charge in [0, 0.05) is 17.1 Å². The van der Waals surface area contributed by atoms with Gasteiger partial charge in [-0.1, -0.05) is 0 Å². The van der Waals surface area contributed by atoms with Crippen molar-refractivity contribution in [2.24, 2.45) is 0 Å². The molecular weight excluding hydrogens is 184 g/mol. The summed E-state index contributed by atoms with van der Waals surface area (Å²) >= 11 is 1.96. The van der Waals surface area contributed by atoms with Crippen LogP contribution in [0.15, 0.2) is 0 Å². The molecular formula is C10H18O2S. The first-order chi connectivity index (χ1) is 6.27.